The Kier molecular flexibility index (Phi) is 5.53. The lowest BCUT2D eigenvalue weighted by Crippen LogP contribution is -2.52. The van der Waals surface area contributed by atoms with Gasteiger partial charge in [0.2, 0.25) is 0 Å². The molecule has 0 saturated carbocycles. The number of methoxy groups -OCH3 is 1. The minimum atomic E-state index is -0.322. The van der Waals surface area contributed by atoms with Gasteiger partial charge in [-0.3, -0.25) is 0 Å². The Bertz CT molecular complexity index is 735. The number of carbonyl (C=O) groups excluding carboxylic acids is 1. The highest BCUT2D eigenvalue weighted by Crippen LogP contribution is 2.30. The summed E-state index contributed by atoms with van der Waals surface area (Å²) in [5.41, 5.74) is 2.57. The minimum Gasteiger partial charge on any atom is -0.497 e. The van der Waals surface area contributed by atoms with Gasteiger partial charge in [-0.2, -0.15) is 0 Å². The first kappa shape index (κ1) is 17.3. The first-order valence-corrected chi connectivity index (χ1v) is 8.22. The lowest BCUT2D eigenvalue weighted by atomic mass is 10.0. The Balaban J connectivity index is 1.84. The zero-order chi connectivity index (χ0) is 17.6. The summed E-state index contributed by atoms with van der Waals surface area (Å²) in [7, 11) is 1.63. The molecule has 0 bridgehead atoms. The minimum absolute atomic E-state index is 0.120. The number of hydrogen-bond acceptors (Lipinski definition) is 4. The van der Waals surface area contributed by atoms with Crippen molar-refractivity contribution in [3.8, 4) is 16.9 Å². The van der Waals surface area contributed by atoms with Crippen molar-refractivity contribution in [3.63, 3.8) is 0 Å². The second-order valence-electron chi connectivity index (χ2n) is 5.81. The number of para-hydroxylation sites is 1. The first-order chi connectivity index (χ1) is 12.2. The quantitative estimate of drug-likeness (QED) is 0.896. The third-order valence-corrected chi connectivity index (χ3v) is 4.25. The summed E-state index contributed by atoms with van der Waals surface area (Å²) >= 11 is 0. The maximum Gasteiger partial charge on any atom is 0.322 e. The topological polar surface area (TPSA) is 71.0 Å². The van der Waals surface area contributed by atoms with E-state index in [1.807, 2.05) is 48.5 Å². The molecule has 6 heteroatoms. The molecule has 132 valence electrons. The van der Waals surface area contributed by atoms with E-state index in [-0.39, 0.29) is 18.7 Å². The number of carbonyl (C=O) groups is 1. The largest absolute Gasteiger partial charge is 0.497 e. The first-order valence-electron chi connectivity index (χ1n) is 8.22. The summed E-state index contributed by atoms with van der Waals surface area (Å²) in [6.07, 6.45) is 0. The molecular weight excluding hydrogens is 320 g/mol. The number of rotatable bonds is 4. The number of urea groups is 1. The number of benzene rings is 2. The highest BCUT2D eigenvalue weighted by atomic mass is 16.5. The van der Waals surface area contributed by atoms with Crippen LogP contribution in [0.1, 0.15) is 0 Å². The van der Waals surface area contributed by atoms with Crippen LogP contribution < -0.4 is 10.1 Å². The van der Waals surface area contributed by atoms with Crippen LogP contribution >= 0.6 is 0 Å². The maximum atomic E-state index is 12.7. The molecule has 2 amide bonds. The normalized spacial score (nSPS) is 17.2. The molecule has 1 aliphatic rings. The number of amides is 2. The van der Waals surface area contributed by atoms with Gasteiger partial charge < -0.3 is 24.8 Å². The zero-order valence-corrected chi connectivity index (χ0v) is 14.1. The van der Waals surface area contributed by atoms with Gasteiger partial charge in [-0.25, -0.2) is 4.79 Å². The summed E-state index contributed by atoms with van der Waals surface area (Å²) in [4.78, 5) is 14.3. The van der Waals surface area contributed by atoms with Gasteiger partial charge in [0, 0.05) is 12.1 Å². The Labute approximate surface area is 147 Å². The molecule has 1 aliphatic heterocycles. The summed E-state index contributed by atoms with van der Waals surface area (Å²) in [5.74, 6) is 0.757. The summed E-state index contributed by atoms with van der Waals surface area (Å²) in [6, 6.07) is 14.7. The Morgan fingerprint density at radius 1 is 1.32 bits per heavy atom. The van der Waals surface area contributed by atoms with Gasteiger partial charge in [-0.15, -0.1) is 0 Å². The number of ether oxygens (including phenoxy) is 2. The van der Waals surface area contributed by atoms with E-state index in [0.717, 1.165) is 16.9 Å². The third-order valence-electron chi connectivity index (χ3n) is 4.25. The van der Waals surface area contributed by atoms with Crippen molar-refractivity contribution in [2.24, 2.45) is 0 Å². The predicted molar refractivity (Wildman–Crippen MR) is 95.8 cm³/mol. The van der Waals surface area contributed by atoms with Crippen molar-refractivity contribution in [1.29, 1.82) is 0 Å². The van der Waals surface area contributed by atoms with Crippen molar-refractivity contribution in [2.75, 3.05) is 38.8 Å². The Morgan fingerprint density at radius 3 is 2.96 bits per heavy atom. The van der Waals surface area contributed by atoms with Crippen molar-refractivity contribution in [2.45, 2.75) is 6.04 Å². The van der Waals surface area contributed by atoms with Crippen LogP contribution in [0.25, 0.3) is 11.1 Å². The van der Waals surface area contributed by atoms with Crippen LogP contribution in [0.2, 0.25) is 0 Å². The number of nitrogens with zero attached hydrogens (tertiary/aromatic N) is 1. The predicted octanol–water partition coefficient (Wildman–Crippen LogP) is 2.59. The average Bonchev–Trinajstić information content (AvgIpc) is 2.68. The van der Waals surface area contributed by atoms with E-state index in [1.54, 1.807) is 12.0 Å². The monoisotopic (exact) mass is 342 g/mol. The number of anilines is 1. The van der Waals surface area contributed by atoms with Crippen LogP contribution in [0.5, 0.6) is 5.75 Å². The summed E-state index contributed by atoms with van der Waals surface area (Å²) < 4.78 is 10.6. The van der Waals surface area contributed by atoms with Gasteiger partial charge in [0.15, 0.2) is 0 Å². The van der Waals surface area contributed by atoms with E-state index in [9.17, 15) is 9.90 Å². The van der Waals surface area contributed by atoms with Crippen molar-refractivity contribution in [1.82, 2.24) is 4.90 Å². The Hall–Kier alpha value is -2.57. The summed E-state index contributed by atoms with van der Waals surface area (Å²) in [6.45, 7) is 1.16. The molecule has 6 nitrogen and oxygen atoms in total. The molecular formula is C19H22N2O4. The summed E-state index contributed by atoms with van der Waals surface area (Å²) in [5, 5.41) is 12.4. The molecule has 2 aromatic carbocycles. The van der Waals surface area contributed by atoms with Gasteiger partial charge in [-0.1, -0.05) is 30.3 Å². The second-order valence-corrected chi connectivity index (χ2v) is 5.81. The Morgan fingerprint density at radius 2 is 2.16 bits per heavy atom. The molecule has 1 unspecified atom stereocenters. The highest BCUT2D eigenvalue weighted by molar-refractivity contribution is 5.94. The number of morpholine rings is 1. The number of aliphatic hydroxyl groups excluding tert-OH is 1. The van der Waals surface area contributed by atoms with E-state index in [4.69, 9.17) is 9.47 Å². The van der Waals surface area contributed by atoms with Crippen LogP contribution in [-0.2, 0) is 4.74 Å². The number of nitrogens with one attached hydrogen (secondary N) is 1. The molecule has 3 rings (SSSR count). The fourth-order valence-electron chi connectivity index (χ4n) is 2.89. The molecule has 0 aromatic heterocycles. The SMILES string of the molecule is COc1cccc(-c2ccccc2NC(=O)N2CCOCC2CO)c1. The lowest BCUT2D eigenvalue weighted by Gasteiger charge is -2.34. The van der Waals surface area contributed by atoms with Gasteiger partial charge in [0.1, 0.15) is 5.75 Å². The van der Waals surface area contributed by atoms with Gasteiger partial charge >= 0.3 is 6.03 Å². The fraction of sp³-hybridized carbons (Fsp3) is 0.316. The van der Waals surface area contributed by atoms with E-state index >= 15 is 0 Å². The second kappa shape index (κ2) is 8.00. The van der Waals surface area contributed by atoms with Gasteiger partial charge in [0.25, 0.3) is 0 Å². The van der Waals surface area contributed by atoms with E-state index in [2.05, 4.69) is 5.32 Å². The molecule has 1 fully saturated rings. The third kappa shape index (κ3) is 3.92. The van der Waals surface area contributed by atoms with Crippen molar-refractivity contribution in [3.05, 3.63) is 48.5 Å². The van der Waals surface area contributed by atoms with Gasteiger partial charge in [0.05, 0.1) is 38.7 Å². The van der Waals surface area contributed by atoms with Crippen LogP contribution in [0.4, 0.5) is 10.5 Å². The van der Waals surface area contributed by atoms with Crippen LogP contribution in [-0.4, -0.2) is 55.6 Å². The van der Waals surface area contributed by atoms with Crippen LogP contribution in [0.15, 0.2) is 48.5 Å². The van der Waals surface area contributed by atoms with E-state index < -0.39 is 0 Å². The molecule has 0 spiro atoms. The molecule has 1 heterocycles. The van der Waals surface area contributed by atoms with Crippen LogP contribution in [0, 0.1) is 0 Å². The van der Waals surface area contributed by atoms with Crippen molar-refractivity contribution < 1.29 is 19.4 Å². The number of aliphatic hydroxyl groups is 1. The fourth-order valence-corrected chi connectivity index (χ4v) is 2.89. The maximum absolute atomic E-state index is 12.7. The molecule has 25 heavy (non-hydrogen) atoms. The van der Waals surface area contributed by atoms with Gasteiger partial charge in [-0.05, 0) is 23.8 Å². The molecule has 2 aromatic rings. The molecule has 1 saturated heterocycles. The lowest BCUT2D eigenvalue weighted by molar-refractivity contribution is -0.00484. The highest BCUT2D eigenvalue weighted by Gasteiger charge is 2.27. The van der Waals surface area contributed by atoms with E-state index in [0.29, 0.717) is 25.4 Å². The number of hydrogen-bond donors (Lipinski definition) is 2. The smallest absolute Gasteiger partial charge is 0.322 e. The molecule has 0 radical (unpaired) electrons. The van der Waals surface area contributed by atoms with E-state index in [1.165, 1.54) is 0 Å². The zero-order valence-electron chi connectivity index (χ0n) is 14.1. The molecule has 0 aliphatic carbocycles. The average molecular weight is 342 g/mol. The molecule has 2 N–H and O–H groups in total. The van der Waals surface area contributed by atoms with Crippen LogP contribution in [0.3, 0.4) is 0 Å². The standard InChI is InChI=1S/C19H22N2O4/c1-24-16-6-4-5-14(11-16)17-7-2-3-8-18(17)20-19(23)21-9-10-25-13-15(21)12-22/h2-8,11,15,22H,9-10,12-13H2,1H3,(H,20,23). The molecule has 1 atom stereocenters. The van der Waals surface area contributed by atoms with Crippen molar-refractivity contribution >= 4 is 11.7 Å².